The van der Waals surface area contributed by atoms with Crippen LogP contribution in [0.2, 0.25) is 0 Å². The Morgan fingerprint density at radius 1 is 1.18 bits per heavy atom. The maximum Gasteiger partial charge on any atom is 0.172 e. The van der Waals surface area contributed by atoms with Crippen LogP contribution in [0.4, 0.5) is 0 Å². The van der Waals surface area contributed by atoms with E-state index in [-0.39, 0.29) is 5.78 Å². The Morgan fingerprint density at radius 3 is 2.77 bits per heavy atom. The molecule has 0 radical (unpaired) electrons. The fraction of sp³-hybridized carbons (Fsp3) is 0.556. The van der Waals surface area contributed by atoms with Gasteiger partial charge in [0.15, 0.2) is 5.78 Å². The molecule has 0 bridgehead atoms. The molecule has 4 heteroatoms. The van der Waals surface area contributed by atoms with Gasteiger partial charge in [-0.2, -0.15) is 11.8 Å². The van der Waals surface area contributed by atoms with Gasteiger partial charge in [-0.3, -0.25) is 4.79 Å². The highest BCUT2D eigenvalue weighted by Gasteiger charge is 2.26. The van der Waals surface area contributed by atoms with Gasteiger partial charge in [-0.25, -0.2) is 4.98 Å². The smallest absolute Gasteiger partial charge is 0.172 e. The molecule has 2 fully saturated rings. The summed E-state index contributed by atoms with van der Waals surface area (Å²) in [6, 6.07) is 5.90. The number of aromatic nitrogens is 2. The van der Waals surface area contributed by atoms with Gasteiger partial charge >= 0.3 is 0 Å². The summed E-state index contributed by atoms with van der Waals surface area (Å²) in [6.45, 7) is 0. The van der Waals surface area contributed by atoms with Gasteiger partial charge in [0.1, 0.15) is 5.82 Å². The molecule has 1 aromatic heterocycles. The second-order valence-corrected chi connectivity index (χ2v) is 7.91. The molecule has 0 aliphatic heterocycles. The van der Waals surface area contributed by atoms with Gasteiger partial charge in [0, 0.05) is 16.7 Å². The monoisotopic (exact) mass is 314 g/mol. The molecule has 0 saturated heterocycles. The lowest BCUT2D eigenvalue weighted by Crippen LogP contribution is -2.12. The number of nitrogens with zero attached hydrogens (tertiary/aromatic N) is 1. The number of H-pyrrole nitrogens is 1. The molecule has 3 nitrogen and oxygen atoms in total. The molecule has 2 aromatic rings. The van der Waals surface area contributed by atoms with Gasteiger partial charge in [-0.15, -0.1) is 0 Å². The summed E-state index contributed by atoms with van der Waals surface area (Å²) >= 11 is 1.85. The number of thioether (sulfide) groups is 1. The molecule has 0 amide bonds. The van der Waals surface area contributed by atoms with E-state index in [1.807, 2.05) is 30.0 Å². The molecular weight excluding hydrogens is 292 g/mol. The highest BCUT2D eigenvalue weighted by atomic mass is 32.2. The van der Waals surface area contributed by atoms with Crippen LogP contribution in [0, 0.1) is 0 Å². The van der Waals surface area contributed by atoms with Crippen molar-refractivity contribution < 1.29 is 4.79 Å². The van der Waals surface area contributed by atoms with Crippen molar-refractivity contribution in [3.63, 3.8) is 0 Å². The zero-order chi connectivity index (χ0) is 14.9. The third-order valence-electron chi connectivity index (χ3n) is 4.79. The minimum absolute atomic E-state index is 0.250. The minimum atomic E-state index is 0.250. The summed E-state index contributed by atoms with van der Waals surface area (Å²) in [5.41, 5.74) is 2.82. The Labute approximate surface area is 135 Å². The molecule has 22 heavy (non-hydrogen) atoms. The van der Waals surface area contributed by atoms with E-state index in [1.165, 1.54) is 44.9 Å². The Bertz CT molecular complexity index is 683. The van der Waals surface area contributed by atoms with Gasteiger partial charge < -0.3 is 4.98 Å². The number of carbonyl (C=O) groups is 1. The molecular formula is C18H22N2OS. The number of nitrogens with one attached hydrogen (secondary N) is 1. The van der Waals surface area contributed by atoms with Gasteiger partial charge in [0.25, 0.3) is 0 Å². The highest BCUT2D eigenvalue weighted by molar-refractivity contribution is 8.00. The highest BCUT2D eigenvalue weighted by Crippen LogP contribution is 2.39. The van der Waals surface area contributed by atoms with Crippen molar-refractivity contribution in [2.75, 3.05) is 5.75 Å². The Hall–Kier alpha value is -1.29. The number of hydrogen-bond donors (Lipinski definition) is 1. The standard InChI is InChI=1S/C18H22N2OS/c21-17(11-22-14-4-2-1-3-5-14)13-8-9-15-16(10-13)20-18(19-15)12-6-7-12/h8-10,12,14H,1-7,11H2,(H,19,20). The first-order valence-electron chi connectivity index (χ1n) is 8.44. The third kappa shape index (κ3) is 3.07. The molecule has 4 rings (SSSR count). The minimum Gasteiger partial charge on any atom is -0.342 e. The number of imidazole rings is 1. The molecule has 1 aromatic carbocycles. The van der Waals surface area contributed by atoms with E-state index in [1.54, 1.807) is 0 Å². The second-order valence-electron chi connectivity index (χ2n) is 6.62. The Morgan fingerprint density at radius 2 is 2.00 bits per heavy atom. The predicted molar refractivity (Wildman–Crippen MR) is 91.7 cm³/mol. The van der Waals surface area contributed by atoms with Gasteiger partial charge in [-0.05, 0) is 43.9 Å². The zero-order valence-corrected chi connectivity index (χ0v) is 13.6. The number of benzene rings is 1. The number of rotatable bonds is 5. The lowest BCUT2D eigenvalue weighted by molar-refractivity contribution is 0.102. The lowest BCUT2D eigenvalue weighted by Gasteiger charge is -2.20. The molecule has 0 atom stereocenters. The van der Waals surface area contributed by atoms with Crippen molar-refractivity contribution in [2.24, 2.45) is 0 Å². The van der Waals surface area contributed by atoms with Gasteiger partial charge in [0.05, 0.1) is 16.8 Å². The van der Waals surface area contributed by atoms with Crippen LogP contribution in [0.25, 0.3) is 11.0 Å². The number of Topliss-reactive ketones (excluding diaryl/α,β-unsaturated/α-hetero) is 1. The molecule has 116 valence electrons. The zero-order valence-electron chi connectivity index (χ0n) is 12.8. The maximum atomic E-state index is 12.4. The molecule has 1 heterocycles. The predicted octanol–water partition coefficient (Wildman–Crippen LogP) is 4.69. The van der Waals surface area contributed by atoms with E-state index in [2.05, 4.69) is 9.97 Å². The molecule has 0 unspecified atom stereocenters. The summed E-state index contributed by atoms with van der Waals surface area (Å²) < 4.78 is 0. The van der Waals surface area contributed by atoms with Gasteiger partial charge in [-0.1, -0.05) is 19.3 Å². The topological polar surface area (TPSA) is 45.8 Å². The van der Waals surface area contributed by atoms with Crippen molar-refractivity contribution in [1.29, 1.82) is 0 Å². The first-order valence-corrected chi connectivity index (χ1v) is 9.49. The van der Waals surface area contributed by atoms with E-state index < -0.39 is 0 Å². The summed E-state index contributed by atoms with van der Waals surface area (Å²) in [5, 5.41) is 0.690. The average Bonchev–Trinajstić information content (AvgIpc) is 3.32. The van der Waals surface area contributed by atoms with E-state index in [0.29, 0.717) is 16.9 Å². The van der Waals surface area contributed by atoms with Crippen LogP contribution < -0.4 is 0 Å². The maximum absolute atomic E-state index is 12.4. The average molecular weight is 314 g/mol. The van der Waals surface area contributed by atoms with Gasteiger partial charge in [0.2, 0.25) is 0 Å². The van der Waals surface area contributed by atoms with E-state index in [9.17, 15) is 4.79 Å². The summed E-state index contributed by atoms with van der Waals surface area (Å²) in [4.78, 5) is 20.4. The van der Waals surface area contributed by atoms with Crippen LogP contribution in [0.15, 0.2) is 18.2 Å². The summed E-state index contributed by atoms with van der Waals surface area (Å²) in [5.74, 6) is 2.57. The van der Waals surface area contributed by atoms with Crippen LogP contribution in [0.3, 0.4) is 0 Å². The van der Waals surface area contributed by atoms with Crippen LogP contribution >= 0.6 is 11.8 Å². The van der Waals surface area contributed by atoms with E-state index >= 15 is 0 Å². The van der Waals surface area contributed by atoms with Crippen molar-refractivity contribution in [2.45, 2.75) is 56.1 Å². The largest absolute Gasteiger partial charge is 0.342 e. The summed E-state index contributed by atoms with van der Waals surface area (Å²) in [6.07, 6.45) is 9.06. The molecule has 2 saturated carbocycles. The quantitative estimate of drug-likeness (QED) is 0.814. The normalized spacial score (nSPS) is 19.6. The fourth-order valence-electron chi connectivity index (χ4n) is 3.26. The Balaban J connectivity index is 1.44. The summed E-state index contributed by atoms with van der Waals surface area (Å²) in [7, 11) is 0. The molecule has 2 aliphatic rings. The van der Waals surface area contributed by atoms with Crippen LogP contribution in [-0.2, 0) is 0 Å². The second kappa shape index (κ2) is 6.07. The lowest BCUT2D eigenvalue weighted by atomic mass is 10.0. The number of ketones is 1. The third-order valence-corrected chi connectivity index (χ3v) is 6.16. The van der Waals surface area contributed by atoms with Crippen LogP contribution in [0.5, 0.6) is 0 Å². The number of fused-ring (bicyclic) bond motifs is 1. The number of carbonyl (C=O) groups excluding carboxylic acids is 1. The van der Waals surface area contributed by atoms with Crippen molar-refractivity contribution in [1.82, 2.24) is 9.97 Å². The van der Waals surface area contributed by atoms with Crippen LogP contribution in [0.1, 0.15) is 67.0 Å². The first-order chi connectivity index (χ1) is 10.8. The molecule has 1 N–H and O–H groups in total. The van der Waals surface area contributed by atoms with Crippen molar-refractivity contribution in [3.05, 3.63) is 29.6 Å². The number of aromatic amines is 1. The first kappa shape index (κ1) is 14.3. The van der Waals surface area contributed by atoms with E-state index in [0.717, 1.165) is 22.4 Å². The fourth-order valence-corrected chi connectivity index (χ4v) is 4.48. The molecule has 2 aliphatic carbocycles. The Kier molecular flexibility index (Phi) is 3.95. The molecule has 0 spiro atoms. The number of hydrogen-bond acceptors (Lipinski definition) is 3. The SMILES string of the molecule is O=C(CSC1CCCCC1)c1ccc2nc(C3CC3)[nH]c2c1. The van der Waals surface area contributed by atoms with Crippen molar-refractivity contribution >= 4 is 28.6 Å². The van der Waals surface area contributed by atoms with Crippen molar-refractivity contribution in [3.8, 4) is 0 Å². The van der Waals surface area contributed by atoms with E-state index in [4.69, 9.17) is 0 Å². The van der Waals surface area contributed by atoms with Crippen LogP contribution in [-0.4, -0.2) is 26.8 Å².